The molecule has 17 heavy (non-hydrogen) atoms. The van der Waals surface area contributed by atoms with Crippen LogP contribution in [0.15, 0.2) is 34.0 Å². The number of fused-ring (bicyclic) bond motifs is 1. The molecule has 0 bridgehead atoms. The van der Waals surface area contributed by atoms with Crippen LogP contribution in [0.5, 0.6) is 0 Å². The first kappa shape index (κ1) is 12.0. The number of pyridine rings is 1. The van der Waals surface area contributed by atoms with E-state index in [1.165, 1.54) is 17.8 Å². The molecular formula is C11H8F3NOS. The Labute approximate surface area is 98.8 Å². The summed E-state index contributed by atoms with van der Waals surface area (Å²) < 4.78 is 37.4. The molecule has 0 radical (unpaired) electrons. The van der Waals surface area contributed by atoms with Crippen molar-refractivity contribution >= 4 is 22.7 Å². The zero-order chi connectivity index (χ0) is 12.6. The lowest BCUT2D eigenvalue weighted by Gasteiger charge is -2.08. The van der Waals surface area contributed by atoms with Gasteiger partial charge in [0.25, 0.3) is 0 Å². The van der Waals surface area contributed by atoms with Crippen LogP contribution in [0.25, 0.3) is 10.9 Å². The number of aromatic amines is 1. The van der Waals surface area contributed by atoms with Gasteiger partial charge in [-0.05, 0) is 24.5 Å². The molecule has 1 aromatic heterocycles. The molecule has 0 unspecified atom stereocenters. The first-order valence-electron chi connectivity index (χ1n) is 4.70. The lowest BCUT2D eigenvalue weighted by Crippen LogP contribution is -2.13. The molecule has 1 aromatic carbocycles. The van der Waals surface area contributed by atoms with E-state index in [0.717, 1.165) is 4.90 Å². The Morgan fingerprint density at radius 3 is 2.53 bits per heavy atom. The highest BCUT2D eigenvalue weighted by Gasteiger charge is 2.32. The molecule has 90 valence electrons. The van der Waals surface area contributed by atoms with Crippen LogP contribution in [-0.4, -0.2) is 11.2 Å². The average molecular weight is 259 g/mol. The van der Waals surface area contributed by atoms with E-state index in [1.54, 1.807) is 12.1 Å². The van der Waals surface area contributed by atoms with Gasteiger partial charge >= 0.3 is 6.18 Å². The van der Waals surface area contributed by atoms with Gasteiger partial charge in [-0.25, -0.2) is 0 Å². The average Bonchev–Trinajstić information content (AvgIpc) is 2.27. The number of rotatable bonds is 1. The van der Waals surface area contributed by atoms with Gasteiger partial charge in [-0.3, -0.25) is 4.79 Å². The van der Waals surface area contributed by atoms with Crippen LogP contribution >= 0.6 is 11.8 Å². The van der Waals surface area contributed by atoms with Crippen LogP contribution in [0.4, 0.5) is 13.2 Å². The van der Waals surface area contributed by atoms with Crippen LogP contribution in [0, 0.1) is 0 Å². The van der Waals surface area contributed by atoms with Crippen molar-refractivity contribution in [3.05, 3.63) is 40.2 Å². The molecule has 0 saturated heterocycles. The van der Waals surface area contributed by atoms with Crippen LogP contribution in [0.1, 0.15) is 5.69 Å². The summed E-state index contributed by atoms with van der Waals surface area (Å²) in [5.41, 5.74) is -1.45. The largest absolute Gasteiger partial charge is 0.431 e. The molecule has 2 aromatic rings. The molecule has 0 aliphatic heterocycles. The molecular weight excluding hydrogens is 251 g/mol. The van der Waals surface area contributed by atoms with Gasteiger partial charge in [-0.2, -0.15) is 13.2 Å². The van der Waals surface area contributed by atoms with Gasteiger partial charge in [-0.1, -0.05) is 0 Å². The number of nitrogens with one attached hydrogen (secondary N) is 1. The summed E-state index contributed by atoms with van der Waals surface area (Å²) >= 11 is 1.43. The number of H-pyrrole nitrogens is 1. The summed E-state index contributed by atoms with van der Waals surface area (Å²) in [7, 11) is 0. The van der Waals surface area contributed by atoms with Crippen LogP contribution in [0.3, 0.4) is 0 Å². The highest BCUT2D eigenvalue weighted by atomic mass is 32.2. The maximum absolute atomic E-state index is 12.5. The highest BCUT2D eigenvalue weighted by molar-refractivity contribution is 7.98. The molecule has 0 fully saturated rings. The summed E-state index contributed by atoms with van der Waals surface area (Å²) in [6, 6.07) is 5.33. The normalized spacial score (nSPS) is 12.0. The summed E-state index contributed by atoms with van der Waals surface area (Å²) in [6.45, 7) is 0. The number of halogens is 3. The number of thioether (sulfide) groups is 1. The number of benzene rings is 1. The molecule has 6 heteroatoms. The van der Waals surface area contributed by atoms with Gasteiger partial charge in [-0.15, -0.1) is 11.8 Å². The molecule has 0 aliphatic carbocycles. The summed E-state index contributed by atoms with van der Waals surface area (Å²) in [6.07, 6.45) is -2.70. The SMILES string of the molecule is CSc1ccc2[nH]c(C(F)(F)F)cc(=O)c2c1. The van der Waals surface area contributed by atoms with E-state index >= 15 is 0 Å². The fourth-order valence-electron chi connectivity index (χ4n) is 1.51. The lowest BCUT2D eigenvalue weighted by molar-refractivity contribution is -0.141. The Bertz CT molecular complexity index is 618. The maximum atomic E-state index is 12.5. The van der Waals surface area contributed by atoms with E-state index in [2.05, 4.69) is 4.98 Å². The molecule has 1 heterocycles. The topological polar surface area (TPSA) is 32.9 Å². The second-order valence-corrected chi connectivity index (χ2v) is 4.34. The number of hydrogen-bond donors (Lipinski definition) is 1. The zero-order valence-electron chi connectivity index (χ0n) is 8.76. The molecule has 1 N–H and O–H groups in total. The van der Waals surface area contributed by atoms with E-state index in [9.17, 15) is 18.0 Å². The minimum atomic E-state index is -4.54. The van der Waals surface area contributed by atoms with Crippen molar-refractivity contribution < 1.29 is 13.2 Å². The number of alkyl halides is 3. The molecule has 0 amide bonds. The van der Waals surface area contributed by atoms with E-state index in [-0.39, 0.29) is 10.9 Å². The van der Waals surface area contributed by atoms with Crippen molar-refractivity contribution in [2.45, 2.75) is 11.1 Å². The fourth-order valence-corrected chi connectivity index (χ4v) is 1.95. The Morgan fingerprint density at radius 1 is 1.24 bits per heavy atom. The minimum Gasteiger partial charge on any atom is -0.351 e. The van der Waals surface area contributed by atoms with E-state index in [4.69, 9.17) is 0 Å². The first-order chi connectivity index (χ1) is 7.91. The Morgan fingerprint density at radius 2 is 1.94 bits per heavy atom. The molecule has 2 rings (SSSR count). The smallest absolute Gasteiger partial charge is 0.351 e. The van der Waals surface area contributed by atoms with Crippen LogP contribution < -0.4 is 5.43 Å². The monoisotopic (exact) mass is 259 g/mol. The number of aromatic nitrogens is 1. The fraction of sp³-hybridized carbons (Fsp3) is 0.182. The van der Waals surface area contributed by atoms with Crippen molar-refractivity contribution in [2.24, 2.45) is 0 Å². The minimum absolute atomic E-state index is 0.197. The van der Waals surface area contributed by atoms with Gasteiger partial charge in [0.15, 0.2) is 5.43 Å². The van der Waals surface area contributed by atoms with Gasteiger partial charge in [0, 0.05) is 21.9 Å². The third kappa shape index (κ3) is 2.31. The Hall–Kier alpha value is -1.43. The molecule has 0 spiro atoms. The van der Waals surface area contributed by atoms with E-state index in [0.29, 0.717) is 6.07 Å². The predicted molar refractivity (Wildman–Crippen MR) is 61.4 cm³/mol. The lowest BCUT2D eigenvalue weighted by atomic mass is 10.2. The molecule has 0 saturated carbocycles. The second-order valence-electron chi connectivity index (χ2n) is 3.46. The predicted octanol–water partition coefficient (Wildman–Crippen LogP) is 3.27. The summed E-state index contributed by atoms with van der Waals surface area (Å²) in [4.78, 5) is 14.6. The van der Waals surface area contributed by atoms with Gasteiger partial charge in [0.05, 0.1) is 0 Å². The van der Waals surface area contributed by atoms with Gasteiger partial charge in [0.2, 0.25) is 0 Å². The molecule has 2 nitrogen and oxygen atoms in total. The third-order valence-corrected chi connectivity index (χ3v) is 3.07. The highest BCUT2D eigenvalue weighted by Crippen LogP contribution is 2.28. The second kappa shape index (κ2) is 4.10. The van der Waals surface area contributed by atoms with E-state index in [1.807, 2.05) is 6.26 Å². The molecule has 0 atom stereocenters. The molecule has 0 aliphatic rings. The van der Waals surface area contributed by atoms with Crippen molar-refractivity contribution in [3.8, 4) is 0 Å². The quantitative estimate of drug-likeness (QED) is 0.797. The number of hydrogen-bond acceptors (Lipinski definition) is 2. The van der Waals surface area contributed by atoms with Gasteiger partial charge in [0.1, 0.15) is 5.69 Å². The van der Waals surface area contributed by atoms with Crippen LogP contribution in [-0.2, 0) is 6.18 Å². The van der Waals surface area contributed by atoms with Crippen LogP contribution in [0.2, 0.25) is 0 Å². The van der Waals surface area contributed by atoms with E-state index < -0.39 is 17.3 Å². The van der Waals surface area contributed by atoms with Crippen molar-refractivity contribution in [3.63, 3.8) is 0 Å². The Kier molecular flexibility index (Phi) is 2.91. The summed E-state index contributed by atoms with van der Waals surface area (Å²) in [5.74, 6) is 0. The standard InChI is InChI=1S/C11H8F3NOS/c1-17-6-2-3-8-7(4-6)9(16)5-10(15-8)11(12,13)14/h2-5H,1H3,(H,15,16). The van der Waals surface area contributed by atoms with Crippen molar-refractivity contribution in [1.29, 1.82) is 0 Å². The van der Waals surface area contributed by atoms with Crippen molar-refractivity contribution in [2.75, 3.05) is 6.26 Å². The summed E-state index contributed by atoms with van der Waals surface area (Å²) in [5, 5.41) is 0.268. The maximum Gasteiger partial charge on any atom is 0.431 e. The third-order valence-electron chi connectivity index (χ3n) is 2.34. The van der Waals surface area contributed by atoms with Crippen molar-refractivity contribution in [1.82, 2.24) is 4.98 Å². The Balaban J connectivity index is 2.73. The van der Waals surface area contributed by atoms with Gasteiger partial charge < -0.3 is 4.98 Å². The zero-order valence-corrected chi connectivity index (χ0v) is 9.58. The first-order valence-corrected chi connectivity index (χ1v) is 5.92.